The molecule has 1 aliphatic rings. The van der Waals surface area contributed by atoms with E-state index in [1.54, 1.807) is 0 Å². The van der Waals surface area contributed by atoms with Crippen LogP contribution in [0.4, 0.5) is 5.82 Å². The van der Waals surface area contributed by atoms with Crippen molar-refractivity contribution >= 4 is 29.0 Å². The minimum atomic E-state index is 0.373. The van der Waals surface area contributed by atoms with Crippen LogP contribution in [-0.4, -0.2) is 18.1 Å². The Hall–Kier alpha value is -0.470. The molecule has 2 nitrogen and oxygen atoms in total. The van der Waals surface area contributed by atoms with Crippen molar-refractivity contribution in [1.29, 1.82) is 0 Å². The summed E-state index contributed by atoms with van der Waals surface area (Å²) in [5.74, 6) is 2.18. The summed E-state index contributed by atoms with van der Waals surface area (Å²) in [6.45, 7) is 4.45. The SMILES string of the molecule is CCC1CCCN(c2ccc(Cl)c(CCl)n2)C1. The molecule has 1 unspecified atom stereocenters. The molecular formula is C13H18Cl2N2. The lowest BCUT2D eigenvalue weighted by molar-refractivity contribution is 0.403. The van der Waals surface area contributed by atoms with Gasteiger partial charge in [0.15, 0.2) is 0 Å². The van der Waals surface area contributed by atoms with E-state index in [0.29, 0.717) is 10.9 Å². The molecule has 0 bridgehead atoms. The van der Waals surface area contributed by atoms with Crippen LogP contribution >= 0.6 is 23.2 Å². The molecule has 1 aliphatic heterocycles. The van der Waals surface area contributed by atoms with Gasteiger partial charge in [-0.3, -0.25) is 0 Å². The van der Waals surface area contributed by atoms with Crippen LogP contribution in [0.1, 0.15) is 31.9 Å². The van der Waals surface area contributed by atoms with E-state index in [9.17, 15) is 0 Å². The maximum absolute atomic E-state index is 6.03. The summed E-state index contributed by atoms with van der Waals surface area (Å²) in [6, 6.07) is 3.90. The summed E-state index contributed by atoms with van der Waals surface area (Å²) in [5.41, 5.74) is 0.782. The fourth-order valence-electron chi connectivity index (χ4n) is 2.35. The van der Waals surface area contributed by atoms with Crippen LogP contribution in [0.3, 0.4) is 0 Å². The van der Waals surface area contributed by atoms with E-state index in [1.807, 2.05) is 12.1 Å². The number of nitrogens with zero attached hydrogens (tertiary/aromatic N) is 2. The highest BCUT2D eigenvalue weighted by molar-refractivity contribution is 6.32. The molecule has 1 aromatic heterocycles. The molecule has 0 aliphatic carbocycles. The van der Waals surface area contributed by atoms with Crippen LogP contribution in [-0.2, 0) is 5.88 Å². The van der Waals surface area contributed by atoms with E-state index < -0.39 is 0 Å². The third-order valence-corrected chi connectivity index (χ3v) is 4.05. The lowest BCUT2D eigenvalue weighted by Crippen LogP contribution is -2.35. The average molecular weight is 273 g/mol. The molecule has 1 fully saturated rings. The fourth-order valence-corrected chi connectivity index (χ4v) is 2.79. The average Bonchev–Trinajstić information content (AvgIpc) is 2.39. The lowest BCUT2D eigenvalue weighted by Gasteiger charge is -2.33. The van der Waals surface area contributed by atoms with Crippen LogP contribution in [0.15, 0.2) is 12.1 Å². The van der Waals surface area contributed by atoms with Crippen molar-refractivity contribution in [1.82, 2.24) is 4.98 Å². The Morgan fingerprint density at radius 1 is 1.47 bits per heavy atom. The molecule has 0 amide bonds. The quantitative estimate of drug-likeness (QED) is 0.771. The Morgan fingerprint density at radius 2 is 2.29 bits per heavy atom. The minimum Gasteiger partial charge on any atom is -0.356 e. The lowest BCUT2D eigenvalue weighted by atomic mass is 9.96. The summed E-state index contributed by atoms with van der Waals surface area (Å²) < 4.78 is 0. The Kier molecular flexibility index (Phi) is 4.52. The molecule has 0 aromatic carbocycles. The zero-order chi connectivity index (χ0) is 12.3. The molecule has 0 radical (unpaired) electrons. The van der Waals surface area contributed by atoms with Crippen molar-refractivity contribution in [2.75, 3.05) is 18.0 Å². The van der Waals surface area contributed by atoms with Gasteiger partial charge in [0, 0.05) is 13.1 Å². The molecule has 2 heterocycles. The second-order valence-corrected chi connectivity index (χ2v) is 5.27. The standard InChI is InChI=1S/C13H18Cl2N2/c1-2-10-4-3-7-17(9-10)13-6-5-11(15)12(8-14)16-13/h5-6,10H,2-4,7-9H2,1H3. The first-order valence-corrected chi connectivity index (χ1v) is 7.12. The van der Waals surface area contributed by atoms with Crippen LogP contribution in [0.25, 0.3) is 0 Å². The van der Waals surface area contributed by atoms with Gasteiger partial charge in [-0.2, -0.15) is 0 Å². The second kappa shape index (κ2) is 5.92. The van der Waals surface area contributed by atoms with E-state index in [1.165, 1.54) is 19.3 Å². The number of aromatic nitrogens is 1. The molecular weight excluding hydrogens is 255 g/mol. The van der Waals surface area contributed by atoms with Gasteiger partial charge in [-0.05, 0) is 30.9 Å². The van der Waals surface area contributed by atoms with Gasteiger partial charge in [0.1, 0.15) is 5.82 Å². The van der Waals surface area contributed by atoms with Crippen molar-refractivity contribution in [3.8, 4) is 0 Å². The molecule has 94 valence electrons. The molecule has 1 atom stereocenters. The number of piperidine rings is 1. The third-order valence-electron chi connectivity index (χ3n) is 3.45. The monoisotopic (exact) mass is 272 g/mol. The van der Waals surface area contributed by atoms with Gasteiger partial charge in [-0.15, -0.1) is 11.6 Å². The van der Waals surface area contributed by atoms with Crippen LogP contribution in [0.5, 0.6) is 0 Å². The van der Waals surface area contributed by atoms with Crippen molar-refractivity contribution in [2.45, 2.75) is 32.1 Å². The highest BCUT2D eigenvalue weighted by Gasteiger charge is 2.19. The van der Waals surface area contributed by atoms with Crippen molar-refractivity contribution in [3.63, 3.8) is 0 Å². The van der Waals surface area contributed by atoms with E-state index >= 15 is 0 Å². The maximum atomic E-state index is 6.03. The smallest absolute Gasteiger partial charge is 0.128 e. The van der Waals surface area contributed by atoms with E-state index in [2.05, 4.69) is 16.8 Å². The molecule has 0 N–H and O–H groups in total. The Balaban J connectivity index is 2.16. The zero-order valence-corrected chi connectivity index (χ0v) is 11.6. The molecule has 17 heavy (non-hydrogen) atoms. The summed E-state index contributed by atoms with van der Waals surface area (Å²) in [6.07, 6.45) is 3.83. The van der Waals surface area contributed by atoms with Gasteiger partial charge in [-0.25, -0.2) is 4.98 Å². The number of halogens is 2. The van der Waals surface area contributed by atoms with Crippen molar-refractivity contribution in [2.24, 2.45) is 5.92 Å². The van der Waals surface area contributed by atoms with Crippen LogP contribution < -0.4 is 4.90 Å². The summed E-state index contributed by atoms with van der Waals surface area (Å²) in [4.78, 5) is 6.90. The Bertz CT molecular complexity index is 382. The van der Waals surface area contributed by atoms with Gasteiger partial charge in [-0.1, -0.05) is 24.9 Å². The normalized spacial score (nSPS) is 20.6. The second-order valence-electron chi connectivity index (χ2n) is 4.59. The topological polar surface area (TPSA) is 16.1 Å². The maximum Gasteiger partial charge on any atom is 0.128 e. The summed E-state index contributed by atoms with van der Waals surface area (Å²) in [7, 11) is 0. The fraction of sp³-hybridized carbons (Fsp3) is 0.615. The number of hydrogen-bond donors (Lipinski definition) is 0. The zero-order valence-electron chi connectivity index (χ0n) is 10.1. The first kappa shape index (κ1) is 13.0. The predicted octanol–water partition coefficient (Wildman–Crippen LogP) is 4.10. The third kappa shape index (κ3) is 3.05. The largest absolute Gasteiger partial charge is 0.356 e. The number of hydrogen-bond acceptors (Lipinski definition) is 2. The number of alkyl halides is 1. The molecule has 4 heteroatoms. The minimum absolute atomic E-state index is 0.373. The Labute approximate surface area is 113 Å². The van der Waals surface area contributed by atoms with Crippen molar-refractivity contribution < 1.29 is 0 Å². The van der Waals surface area contributed by atoms with E-state index in [-0.39, 0.29) is 0 Å². The van der Waals surface area contributed by atoms with Gasteiger partial charge in [0.2, 0.25) is 0 Å². The van der Waals surface area contributed by atoms with Gasteiger partial charge in [0.05, 0.1) is 16.6 Å². The number of anilines is 1. The van der Waals surface area contributed by atoms with E-state index in [0.717, 1.165) is 30.5 Å². The Morgan fingerprint density at radius 3 is 3.00 bits per heavy atom. The molecule has 0 spiro atoms. The first-order valence-electron chi connectivity index (χ1n) is 6.21. The molecule has 0 saturated carbocycles. The van der Waals surface area contributed by atoms with Gasteiger partial charge < -0.3 is 4.90 Å². The van der Waals surface area contributed by atoms with Crippen LogP contribution in [0, 0.1) is 5.92 Å². The number of pyridine rings is 1. The van der Waals surface area contributed by atoms with Crippen LogP contribution in [0.2, 0.25) is 5.02 Å². The van der Waals surface area contributed by atoms with Gasteiger partial charge in [0.25, 0.3) is 0 Å². The molecule has 1 aromatic rings. The summed E-state index contributed by atoms with van der Waals surface area (Å²) in [5, 5.41) is 0.660. The highest BCUT2D eigenvalue weighted by Crippen LogP contribution is 2.26. The predicted molar refractivity (Wildman–Crippen MR) is 74.0 cm³/mol. The summed E-state index contributed by atoms with van der Waals surface area (Å²) >= 11 is 11.9. The molecule has 2 rings (SSSR count). The molecule has 1 saturated heterocycles. The van der Waals surface area contributed by atoms with Crippen molar-refractivity contribution in [3.05, 3.63) is 22.8 Å². The van der Waals surface area contributed by atoms with E-state index in [4.69, 9.17) is 23.2 Å². The number of rotatable bonds is 3. The highest BCUT2D eigenvalue weighted by atomic mass is 35.5. The first-order chi connectivity index (χ1) is 8.24. The van der Waals surface area contributed by atoms with Gasteiger partial charge >= 0.3 is 0 Å².